The van der Waals surface area contributed by atoms with Crippen LogP contribution in [-0.2, 0) is 0 Å². The molecule has 20 N–H and O–H groups in total. The van der Waals surface area contributed by atoms with Crippen molar-refractivity contribution in [3.63, 3.8) is 0 Å². The van der Waals surface area contributed by atoms with Gasteiger partial charge in [0.15, 0.2) is 0 Å². The summed E-state index contributed by atoms with van der Waals surface area (Å²) in [6.07, 6.45) is -18.3. The van der Waals surface area contributed by atoms with Gasteiger partial charge in [0.2, 0.25) is 0 Å². The third kappa shape index (κ3) is 2710. The minimum atomic E-state index is -1.83. The van der Waals surface area contributed by atoms with Crippen molar-refractivity contribution in [2.24, 2.45) is 0 Å². The molecule has 0 aliphatic carbocycles. The standard InChI is InChI=1S/10CH2O3.2K.2H/c10*2-1(3)4;;;;/h10*(H2,2,3,4);;;;. The summed E-state index contributed by atoms with van der Waals surface area (Å²) in [6.45, 7) is 0. The summed E-state index contributed by atoms with van der Waals surface area (Å²) < 4.78 is 0. The van der Waals surface area contributed by atoms with Crippen LogP contribution in [0.3, 0.4) is 0 Å². The van der Waals surface area contributed by atoms with Gasteiger partial charge in [0.1, 0.15) is 0 Å². The summed E-state index contributed by atoms with van der Waals surface area (Å²) in [5, 5.41) is 139. The number of carboxylic acid groups (broad SMARTS) is 20. The second-order valence-corrected chi connectivity index (χ2v) is 2.83. The Kier molecular flexibility index (Phi) is 130. The van der Waals surface area contributed by atoms with Gasteiger partial charge in [0.05, 0.1) is 0 Å². The quantitative estimate of drug-likeness (QED) is 0.156. The fraction of sp³-hybridized carbons (Fsp3) is 0. The zero-order valence-electron chi connectivity index (χ0n) is 18.0. The molecule has 0 aromatic rings. The molecule has 0 rings (SSSR count). The van der Waals surface area contributed by atoms with Crippen molar-refractivity contribution < 1.29 is 150 Å². The molecular weight excluding hydrogens is 678 g/mol. The molecule has 0 aromatic carbocycles. The van der Waals surface area contributed by atoms with E-state index >= 15 is 0 Å². The van der Waals surface area contributed by atoms with E-state index in [1.807, 2.05) is 0 Å². The molecule has 0 fully saturated rings. The Morgan fingerprint density at radius 2 is 0.167 bits per heavy atom. The monoisotopic (exact) mass is 700 g/mol. The molecule has 32 heteroatoms. The van der Waals surface area contributed by atoms with Gasteiger partial charge in [-0.15, -0.1) is 0 Å². The molecule has 0 unspecified atom stereocenters. The fourth-order valence-electron chi connectivity index (χ4n) is 0. The fourth-order valence-corrected chi connectivity index (χ4v) is 0. The Balaban J connectivity index is -0.0000000237. The topological polar surface area (TPSA) is 575 Å². The Labute approximate surface area is 310 Å². The van der Waals surface area contributed by atoms with Crippen LogP contribution in [-0.4, -0.2) is 266 Å². The first-order valence-electron chi connectivity index (χ1n) is 6.51. The first kappa shape index (κ1) is 76.9. The Morgan fingerprint density at radius 1 is 0.167 bits per heavy atom. The molecule has 0 aromatic heterocycles. The maximum atomic E-state index is 8.56. The molecule has 30 nitrogen and oxygen atoms in total. The Morgan fingerprint density at radius 3 is 0.167 bits per heavy atom. The van der Waals surface area contributed by atoms with Crippen LogP contribution < -0.4 is 0 Å². The zero-order chi connectivity index (χ0) is 35.8. The van der Waals surface area contributed by atoms with Crippen LogP contribution in [0.15, 0.2) is 0 Å². The number of hydrogen-bond donors (Lipinski definition) is 20. The minimum absolute atomic E-state index is 0. The molecule has 0 aliphatic heterocycles. The summed E-state index contributed by atoms with van der Waals surface area (Å²) >= 11 is 0. The Bertz CT molecular complexity index is 474. The van der Waals surface area contributed by atoms with Crippen LogP contribution in [0.4, 0.5) is 47.9 Å². The molecule has 244 valence electrons. The second-order valence-electron chi connectivity index (χ2n) is 2.83. The van der Waals surface area contributed by atoms with Crippen molar-refractivity contribution in [3.8, 4) is 0 Å². The second kappa shape index (κ2) is 70.9. The summed E-state index contributed by atoms with van der Waals surface area (Å²) in [7, 11) is 0. The van der Waals surface area contributed by atoms with Gasteiger partial charge in [-0.25, -0.2) is 47.9 Å². The average molecular weight is 700 g/mol. The maximum absolute atomic E-state index is 8.56. The van der Waals surface area contributed by atoms with Gasteiger partial charge in [-0.2, -0.15) is 0 Å². The van der Waals surface area contributed by atoms with Crippen molar-refractivity contribution in [1.29, 1.82) is 0 Å². The molecule has 0 saturated carbocycles. The average Bonchev–Trinajstić information content (AvgIpc) is 2.47. The molecule has 42 heavy (non-hydrogen) atoms. The van der Waals surface area contributed by atoms with Crippen LogP contribution in [0, 0.1) is 0 Å². The van der Waals surface area contributed by atoms with E-state index in [0.29, 0.717) is 0 Å². The summed E-state index contributed by atoms with van der Waals surface area (Å²) in [5.41, 5.74) is 0. The van der Waals surface area contributed by atoms with Crippen LogP contribution in [0.25, 0.3) is 0 Å². The van der Waals surface area contributed by atoms with Crippen molar-refractivity contribution in [2.45, 2.75) is 0 Å². The van der Waals surface area contributed by atoms with Crippen LogP contribution in [0.5, 0.6) is 0 Å². The third-order valence-electron chi connectivity index (χ3n) is 0. The van der Waals surface area contributed by atoms with E-state index in [0.717, 1.165) is 0 Å². The van der Waals surface area contributed by atoms with E-state index in [9.17, 15) is 0 Å². The SMILES string of the molecule is O=C(O)O.O=C(O)O.O=C(O)O.O=C(O)O.O=C(O)O.O=C(O)O.O=C(O)O.O=C(O)O.O=C(O)O.O=C(O)O.[KH].[KH]. The van der Waals surface area contributed by atoms with Crippen LogP contribution in [0.2, 0.25) is 0 Å². The van der Waals surface area contributed by atoms with E-state index in [-0.39, 0.29) is 103 Å². The van der Waals surface area contributed by atoms with Gasteiger partial charge in [-0.3, -0.25) is 0 Å². The first-order valence-corrected chi connectivity index (χ1v) is 6.51. The molecule has 0 spiro atoms. The number of hydrogen-bond acceptors (Lipinski definition) is 10. The molecule has 0 aliphatic rings. The molecule has 0 saturated heterocycles. The Hall–Kier alpha value is -4.03. The van der Waals surface area contributed by atoms with E-state index in [2.05, 4.69) is 0 Å². The normalized spacial score (nSPS) is 5.71. The van der Waals surface area contributed by atoms with Gasteiger partial charge in [-0.05, 0) is 0 Å². The van der Waals surface area contributed by atoms with E-state index < -0.39 is 61.6 Å². The van der Waals surface area contributed by atoms with Crippen LogP contribution >= 0.6 is 0 Å². The molecule has 0 radical (unpaired) electrons. The van der Waals surface area contributed by atoms with E-state index in [1.54, 1.807) is 0 Å². The summed E-state index contributed by atoms with van der Waals surface area (Å²) in [5.74, 6) is 0. The van der Waals surface area contributed by atoms with Gasteiger partial charge >= 0.3 is 164 Å². The molecule has 0 heterocycles. The van der Waals surface area contributed by atoms with Crippen LogP contribution in [0.1, 0.15) is 0 Å². The molecule has 0 amide bonds. The van der Waals surface area contributed by atoms with E-state index in [1.165, 1.54) is 0 Å². The van der Waals surface area contributed by atoms with Gasteiger partial charge in [0.25, 0.3) is 0 Å². The van der Waals surface area contributed by atoms with Gasteiger partial charge in [-0.1, -0.05) is 0 Å². The van der Waals surface area contributed by atoms with Gasteiger partial charge < -0.3 is 102 Å². The third-order valence-corrected chi connectivity index (χ3v) is 0. The predicted molar refractivity (Wildman–Crippen MR) is 121 cm³/mol. The van der Waals surface area contributed by atoms with Crippen molar-refractivity contribution in [1.82, 2.24) is 0 Å². The molecular formula is C10H22K2O30. The van der Waals surface area contributed by atoms with Gasteiger partial charge in [0, 0.05) is 0 Å². The first-order chi connectivity index (χ1) is 17.3. The van der Waals surface area contributed by atoms with Crippen molar-refractivity contribution in [2.75, 3.05) is 0 Å². The molecule has 0 atom stereocenters. The number of carbonyl (C=O) groups is 10. The zero-order valence-corrected chi connectivity index (χ0v) is 18.0. The van der Waals surface area contributed by atoms with E-state index in [4.69, 9.17) is 150 Å². The van der Waals surface area contributed by atoms with Crippen molar-refractivity contribution >= 4 is 164 Å². The van der Waals surface area contributed by atoms with Crippen molar-refractivity contribution in [3.05, 3.63) is 0 Å². The summed E-state index contributed by atoms with van der Waals surface area (Å²) in [6, 6.07) is 0. The number of rotatable bonds is 0. The molecule has 0 bridgehead atoms. The predicted octanol–water partition coefficient (Wildman–Crippen LogP) is 0.927. The summed E-state index contributed by atoms with van der Waals surface area (Å²) in [4.78, 5) is 85.6.